The molecule has 1 saturated heterocycles. The minimum absolute atomic E-state index is 0. The molecule has 1 aliphatic heterocycles. The third-order valence-electron chi connectivity index (χ3n) is 5.40. The van der Waals surface area contributed by atoms with Crippen LogP contribution < -0.4 is 5.73 Å². The van der Waals surface area contributed by atoms with E-state index in [9.17, 15) is 4.79 Å². The standard InChI is InChI=1S/C19H28N2O.ClH/c20-14-16-8-10-17(11-9-16)19(22)21-12-4-7-18(21)13-15-5-2-1-3-6-15;/h8-11,15,18H,1-7,12-14,20H2;1H. The SMILES string of the molecule is Cl.NCc1ccc(C(=O)N2CCCC2CC2CCCCC2)cc1. The van der Waals surface area contributed by atoms with Crippen molar-refractivity contribution in [3.8, 4) is 0 Å². The third kappa shape index (κ3) is 4.48. The molecule has 2 aliphatic rings. The van der Waals surface area contributed by atoms with Crippen LogP contribution in [-0.4, -0.2) is 23.4 Å². The molecule has 0 aromatic heterocycles. The Balaban J connectivity index is 0.00000192. The highest BCUT2D eigenvalue weighted by Gasteiger charge is 2.31. The maximum absolute atomic E-state index is 12.8. The highest BCUT2D eigenvalue weighted by molar-refractivity contribution is 5.94. The molecule has 1 aliphatic carbocycles. The topological polar surface area (TPSA) is 46.3 Å². The number of nitrogens with zero attached hydrogens (tertiary/aromatic N) is 1. The average Bonchev–Trinajstić information content (AvgIpc) is 3.03. The monoisotopic (exact) mass is 336 g/mol. The van der Waals surface area contributed by atoms with Crippen LogP contribution >= 0.6 is 12.4 Å². The van der Waals surface area contributed by atoms with Crippen molar-refractivity contribution in [3.63, 3.8) is 0 Å². The number of likely N-dealkylation sites (tertiary alicyclic amines) is 1. The zero-order chi connectivity index (χ0) is 15.4. The van der Waals surface area contributed by atoms with Gasteiger partial charge in [-0.25, -0.2) is 0 Å². The summed E-state index contributed by atoms with van der Waals surface area (Å²) in [6, 6.07) is 8.27. The van der Waals surface area contributed by atoms with Crippen LogP contribution in [-0.2, 0) is 6.54 Å². The van der Waals surface area contributed by atoms with Crippen LogP contribution in [0.2, 0.25) is 0 Å². The third-order valence-corrected chi connectivity index (χ3v) is 5.40. The fourth-order valence-electron chi connectivity index (χ4n) is 4.10. The normalized spacial score (nSPS) is 22.0. The van der Waals surface area contributed by atoms with Gasteiger partial charge in [0.05, 0.1) is 0 Å². The van der Waals surface area contributed by atoms with Crippen LogP contribution in [0.15, 0.2) is 24.3 Å². The Labute approximate surface area is 146 Å². The summed E-state index contributed by atoms with van der Waals surface area (Å²) in [5, 5.41) is 0. The molecule has 1 aromatic rings. The predicted molar refractivity (Wildman–Crippen MR) is 96.8 cm³/mol. The van der Waals surface area contributed by atoms with Gasteiger partial charge in [-0.1, -0.05) is 44.2 Å². The summed E-state index contributed by atoms with van der Waals surface area (Å²) in [5.74, 6) is 1.05. The number of rotatable bonds is 4. The number of carbonyl (C=O) groups is 1. The second-order valence-corrected chi connectivity index (χ2v) is 6.94. The molecule has 2 fully saturated rings. The van der Waals surface area contributed by atoms with Gasteiger partial charge in [0.1, 0.15) is 0 Å². The highest BCUT2D eigenvalue weighted by Crippen LogP contribution is 2.32. The van der Waals surface area contributed by atoms with Gasteiger partial charge in [-0.2, -0.15) is 0 Å². The Bertz CT molecular complexity index is 497. The smallest absolute Gasteiger partial charge is 0.254 e. The van der Waals surface area contributed by atoms with Crippen molar-refractivity contribution >= 4 is 18.3 Å². The van der Waals surface area contributed by atoms with E-state index in [0.717, 1.165) is 30.0 Å². The van der Waals surface area contributed by atoms with Crippen LogP contribution in [0.3, 0.4) is 0 Å². The Morgan fingerprint density at radius 3 is 2.39 bits per heavy atom. The minimum Gasteiger partial charge on any atom is -0.336 e. The predicted octanol–water partition coefficient (Wildman–Crippen LogP) is 4.14. The minimum atomic E-state index is 0. The maximum atomic E-state index is 12.8. The van der Waals surface area contributed by atoms with Gasteiger partial charge in [-0.15, -0.1) is 12.4 Å². The van der Waals surface area contributed by atoms with E-state index in [-0.39, 0.29) is 18.3 Å². The fraction of sp³-hybridized carbons (Fsp3) is 0.632. The first kappa shape index (κ1) is 18.3. The Morgan fingerprint density at radius 2 is 1.74 bits per heavy atom. The molecule has 1 amide bonds. The Morgan fingerprint density at radius 1 is 1.04 bits per heavy atom. The van der Waals surface area contributed by atoms with Crippen molar-refractivity contribution in [3.05, 3.63) is 35.4 Å². The molecule has 1 aromatic carbocycles. The molecular weight excluding hydrogens is 308 g/mol. The van der Waals surface area contributed by atoms with Gasteiger partial charge in [-0.05, 0) is 42.9 Å². The number of hydrogen-bond donors (Lipinski definition) is 1. The summed E-state index contributed by atoms with van der Waals surface area (Å²) in [6.07, 6.45) is 10.4. The summed E-state index contributed by atoms with van der Waals surface area (Å²) >= 11 is 0. The van der Waals surface area contributed by atoms with E-state index >= 15 is 0 Å². The molecular formula is C19H29ClN2O. The summed E-state index contributed by atoms with van der Waals surface area (Å²) in [5.41, 5.74) is 7.52. The molecule has 3 rings (SSSR count). The molecule has 23 heavy (non-hydrogen) atoms. The Hall–Kier alpha value is -1.06. The van der Waals surface area contributed by atoms with E-state index in [1.807, 2.05) is 24.3 Å². The average molecular weight is 337 g/mol. The molecule has 1 heterocycles. The summed E-state index contributed by atoms with van der Waals surface area (Å²) < 4.78 is 0. The van der Waals surface area contributed by atoms with Crippen molar-refractivity contribution in [2.24, 2.45) is 11.7 Å². The highest BCUT2D eigenvalue weighted by atomic mass is 35.5. The first-order valence-corrected chi connectivity index (χ1v) is 8.88. The van der Waals surface area contributed by atoms with Gasteiger partial charge < -0.3 is 10.6 Å². The van der Waals surface area contributed by atoms with Crippen molar-refractivity contribution in [2.45, 2.75) is 64.0 Å². The second kappa shape index (κ2) is 8.70. The van der Waals surface area contributed by atoms with Crippen molar-refractivity contribution in [1.29, 1.82) is 0 Å². The molecule has 4 heteroatoms. The molecule has 1 saturated carbocycles. The molecule has 1 atom stereocenters. The summed E-state index contributed by atoms with van der Waals surface area (Å²) in [4.78, 5) is 14.9. The first-order valence-electron chi connectivity index (χ1n) is 8.88. The van der Waals surface area contributed by atoms with Crippen LogP contribution in [0.4, 0.5) is 0 Å². The number of amides is 1. The van der Waals surface area contributed by atoms with Gasteiger partial charge in [0, 0.05) is 24.7 Å². The zero-order valence-corrected chi connectivity index (χ0v) is 14.7. The number of halogens is 1. The van der Waals surface area contributed by atoms with Gasteiger partial charge >= 0.3 is 0 Å². The fourth-order valence-corrected chi connectivity index (χ4v) is 4.10. The van der Waals surface area contributed by atoms with Gasteiger partial charge in [0.15, 0.2) is 0 Å². The van der Waals surface area contributed by atoms with Crippen molar-refractivity contribution in [1.82, 2.24) is 4.90 Å². The lowest BCUT2D eigenvalue weighted by Crippen LogP contribution is -2.37. The van der Waals surface area contributed by atoms with E-state index in [1.165, 1.54) is 44.9 Å². The van der Waals surface area contributed by atoms with Crippen molar-refractivity contribution in [2.75, 3.05) is 6.54 Å². The lowest BCUT2D eigenvalue weighted by atomic mass is 9.84. The van der Waals surface area contributed by atoms with E-state index in [1.54, 1.807) is 0 Å². The molecule has 0 bridgehead atoms. The maximum Gasteiger partial charge on any atom is 0.254 e. The van der Waals surface area contributed by atoms with Gasteiger partial charge in [0.25, 0.3) is 5.91 Å². The summed E-state index contributed by atoms with van der Waals surface area (Å²) in [6.45, 7) is 1.46. The van der Waals surface area contributed by atoms with E-state index < -0.39 is 0 Å². The van der Waals surface area contributed by atoms with Crippen LogP contribution in [0.1, 0.15) is 67.3 Å². The van der Waals surface area contributed by atoms with E-state index in [0.29, 0.717) is 12.6 Å². The van der Waals surface area contributed by atoms with Crippen LogP contribution in [0.5, 0.6) is 0 Å². The number of nitrogens with two attached hydrogens (primary N) is 1. The van der Waals surface area contributed by atoms with Crippen LogP contribution in [0, 0.1) is 5.92 Å². The van der Waals surface area contributed by atoms with Gasteiger partial charge in [-0.3, -0.25) is 4.79 Å². The van der Waals surface area contributed by atoms with Crippen molar-refractivity contribution < 1.29 is 4.79 Å². The van der Waals surface area contributed by atoms with E-state index in [2.05, 4.69) is 4.90 Å². The number of carbonyl (C=O) groups excluding carboxylic acids is 1. The lowest BCUT2D eigenvalue weighted by Gasteiger charge is -2.30. The lowest BCUT2D eigenvalue weighted by molar-refractivity contribution is 0.0711. The van der Waals surface area contributed by atoms with Gasteiger partial charge in [0.2, 0.25) is 0 Å². The molecule has 128 valence electrons. The zero-order valence-electron chi connectivity index (χ0n) is 13.9. The second-order valence-electron chi connectivity index (χ2n) is 6.94. The molecule has 0 spiro atoms. The largest absolute Gasteiger partial charge is 0.336 e. The molecule has 3 nitrogen and oxygen atoms in total. The first-order chi connectivity index (χ1) is 10.8. The van der Waals surface area contributed by atoms with E-state index in [4.69, 9.17) is 5.73 Å². The quantitative estimate of drug-likeness (QED) is 0.898. The molecule has 2 N–H and O–H groups in total. The van der Waals surface area contributed by atoms with Crippen LogP contribution in [0.25, 0.3) is 0 Å². The Kier molecular flexibility index (Phi) is 6.91. The molecule has 1 unspecified atom stereocenters. The summed E-state index contributed by atoms with van der Waals surface area (Å²) in [7, 11) is 0. The number of benzene rings is 1. The number of hydrogen-bond acceptors (Lipinski definition) is 2. The molecule has 0 radical (unpaired) electrons.